The number of carbonyl (C=O) groups is 2. The second-order valence-electron chi connectivity index (χ2n) is 7.41. The van der Waals surface area contributed by atoms with Crippen molar-refractivity contribution in [2.75, 3.05) is 26.2 Å². The van der Waals surface area contributed by atoms with Crippen LogP contribution in [0.4, 0.5) is 4.39 Å². The zero-order valence-electron chi connectivity index (χ0n) is 15.5. The summed E-state index contributed by atoms with van der Waals surface area (Å²) in [6.45, 7) is 1.20. The SMILES string of the molecule is O=C1COC2(CCN(C(=O)c3cc(F)cc(-c4nnc5ccccn45)c3)C2)CN1. The van der Waals surface area contributed by atoms with Crippen molar-refractivity contribution in [2.24, 2.45) is 0 Å². The third-order valence-electron chi connectivity index (χ3n) is 5.44. The molecule has 4 heterocycles. The van der Waals surface area contributed by atoms with Crippen molar-refractivity contribution in [3.63, 3.8) is 0 Å². The van der Waals surface area contributed by atoms with E-state index in [1.165, 1.54) is 12.1 Å². The second kappa shape index (κ2) is 6.63. The largest absolute Gasteiger partial charge is 0.361 e. The van der Waals surface area contributed by atoms with Crippen molar-refractivity contribution in [3.05, 3.63) is 54.0 Å². The lowest BCUT2D eigenvalue weighted by Crippen LogP contribution is -2.54. The first-order valence-corrected chi connectivity index (χ1v) is 9.34. The minimum absolute atomic E-state index is 0.00784. The number of hydrogen-bond acceptors (Lipinski definition) is 5. The number of pyridine rings is 1. The van der Waals surface area contributed by atoms with Crippen molar-refractivity contribution in [3.8, 4) is 11.4 Å². The fourth-order valence-electron chi connectivity index (χ4n) is 3.92. The van der Waals surface area contributed by atoms with Gasteiger partial charge in [-0.1, -0.05) is 6.07 Å². The maximum Gasteiger partial charge on any atom is 0.254 e. The number of fused-ring (bicyclic) bond motifs is 1. The van der Waals surface area contributed by atoms with Gasteiger partial charge in [0.2, 0.25) is 5.91 Å². The van der Waals surface area contributed by atoms with E-state index in [1.54, 1.807) is 27.6 Å². The van der Waals surface area contributed by atoms with Gasteiger partial charge in [0, 0.05) is 30.4 Å². The molecule has 0 bridgehead atoms. The number of likely N-dealkylation sites (tertiary alicyclic amines) is 1. The molecule has 3 aromatic rings. The van der Waals surface area contributed by atoms with Gasteiger partial charge in [0.15, 0.2) is 11.5 Å². The summed E-state index contributed by atoms with van der Waals surface area (Å²) in [6.07, 6.45) is 2.41. The number of nitrogens with one attached hydrogen (secondary N) is 1. The lowest BCUT2D eigenvalue weighted by Gasteiger charge is -2.33. The summed E-state index contributed by atoms with van der Waals surface area (Å²) in [5, 5.41) is 11.0. The molecule has 1 atom stereocenters. The van der Waals surface area contributed by atoms with Gasteiger partial charge in [-0.2, -0.15) is 0 Å². The molecule has 0 saturated carbocycles. The Morgan fingerprint density at radius 3 is 2.97 bits per heavy atom. The highest BCUT2D eigenvalue weighted by Crippen LogP contribution is 2.29. The Morgan fingerprint density at radius 2 is 2.14 bits per heavy atom. The first kappa shape index (κ1) is 17.7. The minimum atomic E-state index is -0.567. The number of halogens is 1. The molecule has 2 aliphatic heterocycles. The number of hydrogen-bond donors (Lipinski definition) is 1. The Hall–Kier alpha value is -3.33. The standard InChI is InChI=1S/C20H18FN5O3/c21-15-8-13(18-24-23-16-3-1-2-5-26(16)18)7-14(9-15)19(28)25-6-4-20(12-25)11-22-17(27)10-29-20/h1-3,5,7-9H,4,6,10-12H2,(H,22,27). The minimum Gasteiger partial charge on any atom is -0.361 e. The summed E-state index contributed by atoms with van der Waals surface area (Å²) >= 11 is 0. The summed E-state index contributed by atoms with van der Waals surface area (Å²) < 4.78 is 21.8. The van der Waals surface area contributed by atoms with E-state index in [0.717, 1.165) is 0 Å². The van der Waals surface area contributed by atoms with E-state index in [4.69, 9.17) is 4.74 Å². The van der Waals surface area contributed by atoms with Gasteiger partial charge in [0.25, 0.3) is 5.91 Å². The monoisotopic (exact) mass is 395 g/mol. The van der Waals surface area contributed by atoms with Crippen LogP contribution in [0.2, 0.25) is 0 Å². The van der Waals surface area contributed by atoms with E-state index in [0.29, 0.717) is 43.1 Å². The number of aromatic nitrogens is 3. The summed E-state index contributed by atoms with van der Waals surface area (Å²) in [6, 6.07) is 9.66. The maximum absolute atomic E-state index is 14.4. The van der Waals surface area contributed by atoms with Crippen molar-refractivity contribution in [1.82, 2.24) is 24.8 Å². The van der Waals surface area contributed by atoms with Crippen molar-refractivity contribution < 1.29 is 18.7 Å². The molecule has 5 rings (SSSR count). The lowest BCUT2D eigenvalue weighted by atomic mass is 10.0. The van der Waals surface area contributed by atoms with Gasteiger partial charge in [-0.25, -0.2) is 4.39 Å². The molecule has 8 nitrogen and oxygen atoms in total. The molecular formula is C20H18FN5O3. The molecular weight excluding hydrogens is 377 g/mol. The van der Waals surface area contributed by atoms with E-state index < -0.39 is 11.4 Å². The third-order valence-corrected chi connectivity index (χ3v) is 5.44. The van der Waals surface area contributed by atoms with Crippen molar-refractivity contribution in [2.45, 2.75) is 12.0 Å². The smallest absolute Gasteiger partial charge is 0.254 e. The molecule has 2 saturated heterocycles. The summed E-state index contributed by atoms with van der Waals surface area (Å²) in [7, 11) is 0. The average Bonchev–Trinajstić information content (AvgIpc) is 3.34. The Balaban J connectivity index is 1.43. The summed E-state index contributed by atoms with van der Waals surface area (Å²) in [5.74, 6) is -0.494. The van der Waals surface area contributed by atoms with Crippen LogP contribution in [-0.4, -0.2) is 63.2 Å². The zero-order chi connectivity index (χ0) is 20.0. The fourth-order valence-corrected chi connectivity index (χ4v) is 3.92. The maximum atomic E-state index is 14.4. The average molecular weight is 395 g/mol. The molecule has 29 heavy (non-hydrogen) atoms. The van der Waals surface area contributed by atoms with Crippen LogP contribution in [0.25, 0.3) is 17.0 Å². The third kappa shape index (κ3) is 3.13. The van der Waals surface area contributed by atoms with Crippen molar-refractivity contribution >= 4 is 17.5 Å². The first-order chi connectivity index (χ1) is 14.0. The quantitative estimate of drug-likeness (QED) is 0.706. The predicted octanol–water partition coefficient (Wildman–Crippen LogP) is 1.27. The number of ether oxygens (including phenoxy) is 1. The Bertz CT molecular complexity index is 1120. The fraction of sp³-hybridized carbons (Fsp3) is 0.300. The van der Waals surface area contributed by atoms with Gasteiger partial charge >= 0.3 is 0 Å². The van der Waals surface area contributed by atoms with Crippen LogP contribution in [0.1, 0.15) is 16.8 Å². The van der Waals surface area contributed by atoms with Gasteiger partial charge in [0.05, 0.1) is 6.54 Å². The predicted molar refractivity (Wildman–Crippen MR) is 101 cm³/mol. The Morgan fingerprint density at radius 1 is 1.24 bits per heavy atom. The number of rotatable bonds is 2. The van der Waals surface area contributed by atoms with Crippen molar-refractivity contribution in [1.29, 1.82) is 0 Å². The van der Waals surface area contributed by atoms with E-state index in [-0.39, 0.29) is 24.0 Å². The van der Waals surface area contributed by atoms with Gasteiger partial charge in [-0.15, -0.1) is 10.2 Å². The van der Waals surface area contributed by atoms with E-state index >= 15 is 0 Å². The number of carbonyl (C=O) groups excluding carboxylic acids is 2. The number of nitrogens with zero attached hydrogens (tertiary/aromatic N) is 4. The molecule has 148 valence electrons. The van der Waals surface area contributed by atoms with Gasteiger partial charge in [-0.3, -0.25) is 14.0 Å². The van der Waals surface area contributed by atoms with E-state index in [1.807, 2.05) is 12.1 Å². The zero-order valence-corrected chi connectivity index (χ0v) is 15.5. The molecule has 2 aliphatic rings. The Kier molecular flexibility index (Phi) is 4.06. The van der Waals surface area contributed by atoms with Crippen LogP contribution in [-0.2, 0) is 9.53 Å². The molecule has 2 amide bonds. The summed E-state index contributed by atoms with van der Waals surface area (Å²) in [5.41, 5.74) is 0.785. The molecule has 1 aromatic carbocycles. The highest BCUT2D eigenvalue weighted by atomic mass is 19.1. The van der Waals surface area contributed by atoms with Crippen LogP contribution < -0.4 is 5.32 Å². The van der Waals surface area contributed by atoms with Crippen LogP contribution >= 0.6 is 0 Å². The summed E-state index contributed by atoms with van der Waals surface area (Å²) in [4.78, 5) is 26.0. The first-order valence-electron chi connectivity index (χ1n) is 9.34. The lowest BCUT2D eigenvalue weighted by molar-refractivity contribution is -0.141. The molecule has 1 N–H and O–H groups in total. The second-order valence-corrected chi connectivity index (χ2v) is 7.41. The van der Waals surface area contributed by atoms with Gasteiger partial charge in [0.1, 0.15) is 18.0 Å². The van der Waals surface area contributed by atoms with Gasteiger partial charge in [-0.05, 0) is 36.8 Å². The molecule has 2 aromatic heterocycles. The topological polar surface area (TPSA) is 88.8 Å². The molecule has 2 fully saturated rings. The highest BCUT2D eigenvalue weighted by Gasteiger charge is 2.43. The van der Waals surface area contributed by atoms with Crippen LogP contribution in [0.3, 0.4) is 0 Å². The van der Waals surface area contributed by atoms with Crippen LogP contribution in [0.15, 0.2) is 42.6 Å². The highest BCUT2D eigenvalue weighted by molar-refractivity contribution is 5.95. The van der Waals surface area contributed by atoms with Crippen LogP contribution in [0.5, 0.6) is 0 Å². The molecule has 9 heteroatoms. The van der Waals surface area contributed by atoms with Gasteiger partial charge < -0.3 is 15.0 Å². The van der Waals surface area contributed by atoms with E-state index in [9.17, 15) is 14.0 Å². The normalized spacial score (nSPS) is 21.7. The number of morpholine rings is 1. The molecule has 1 spiro atoms. The molecule has 0 radical (unpaired) electrons. The number of benzene rings is 1. The van der Waals surface area contributed by atoms with E-state index in [2.05, 4.69) is 15.5 Å². The number of amides is 2. The van der Waals surface area contributed by atoms with Crippen LogP contribution in [0, 0.1) is 5.82 Å². The molecule has 1 unspecified atom stereocenters. The molecule has 0 aliphatic carbocycles. The Labute approximate surface area is 165 Å².